The molecule has 11 heteroatoms. The maximum Gasteiger partial charge on any atom is 0.320 e. The maximum absolute atomic E-state index is 13.2. The average Bonchev–Trinajstić information content (AvgIpc) is 3.11. The average molecular weight is 379 g/mol. The van der Waals surface area contributed by atoms with E-state index in [-0.39, 0.29) is 28.9 Å². The molecule has 1 amide bonds. The molecule has 2 heterocycles. The molecule has 0 aliphatic heterocycles. The van der Waals surface area contributed by atoms with Crippen molar-refractivity contribution in [3.05, 3.63) is 68.9 Å². The third-order valence-corrected chi connectivity index (χ3v) is 3.68. The first kappa shape index (κ1) is 17.5. The van der Waals surface area contributed by atoms with E-state index < -0.39 is 16.5 Å². The molecule has 0 aliphatic rings. The van der Waals surface area contributed by atoms with E-state index in [1.807, 2.05) is 0 Å². The third-order valence-electron chi connectivity index (χ3n) is 3.40. The molecule has 0 fully saturated rings. The van der Waals surface area contributed by atoms with Crippen molar-refractivity contribution in [3.63, 3.8) is 0 Å². The Morgan fingerprint density at radius 3 is 2.85 bits per heavy atom. The maximum atomic E-state index is 13.2. The minimum absolute atomic E-state index is 0.0213. The van der Waals surface area contributed by atoms with Gasteiger partial charge in [-0.1, -0.05) is 23.7 Å². The number of benzene rings is 1. The van der Waals surface area contributed by atoms with Crippen LogP contribution in [0.3, 0.4) is 0 Å². The van der Waals surface area contributed by atoms with Gasteiger partial charge in [-0.2, -0.15) is 10.2 Å². The highest BCUT2D eigenvalue weighted by atomic mass is 35.5. The molecule has 134 valence electrons. The second-order valence-electron chi connectivity index (χ2n) is 5.40. The molecule has 0 atom stereocenters. The van der Waals surface area contributed by atoms with Gasteiger partial charge in [-0.25, -0.2) is 4.39 Å². The lowest BCUT2D eigenvalue weighted by molar-refractivity contribution is -0.385. The smallest absolute Gasteiger partial charge is 0.302 e. The standard InChI is InChI=1S/C15H12ClFN6O3/c1-21-8-12(23(25)26)13(19-21)15(24)18-14-11(16)7-22(20-14)6-9-3-2-4-10(17)5-9/h2-5,7-8H,6H2,1H3,(H,18,20,24). The van der Waals surface area contributed by atoms with Crippen molar-refractivity contribution in [1.82, 2.24) is 19.6 Å². The molecule has 1 N–H and O–H groups in total. The van der Waals surface area contributed by atoms with Gasteiger partial charge < -0.3 is 5.32 Å². The molecular weight excluding hydrogens is 367 g/mol. The van der Waals surface area contributed by atoms with Gasteiger partial charge in [0.2, 0.25) is 5.69 Å². The monoisotopic (exact) mass is 378 g/mol. The zero-order valence-corrected chi connectivity index (χ0v) is 14.1. The fraction of sp³-hybridized carbons (Fsp3) is 0.133. The summed E-state index contributed by atoms with van der Waals surface area (Å²) in [6.07, 6.45) is 2.58. The number of aromatic nitrogens is 4. The number of nitrogens with one attached hydrogen (secondary N) is 1. The first-order chi connectivity index (χ1) is 12.3. The molecule has 9 nitrogen and oxygen atoms in total. The van der Waals surface area contributed by atoms with Crippen molar-refractivity contribution < 1.29 is 14.1 Å². The van der Waals surface area contributed by atoms with Gasteiger partial charge in [0.25, 0.3) is 5.91 Å². The molecule has 0 spiro atoms. The molecule has 3 rings (SSSR count). The van der Waals surface area contributed by atoms with E-state index in [1.54, 1.807) is 12.1 Å². The zero-order valence-electron chi connectivity index (χ0n) is 13.4. The van der Waals surface area contributed by atoms with Gasteiger partial charge in [0.1, 0.15) is 17.0 Å². The van der Waals surface area contributed by atoms with Crippen LogP contribution >= 0.6 is 11.6 Å². The summed E-state index contributed by atoms with van der Waals surface area (Å²) >= 11 is 6.05. The fourth-order valence-electron chi connectivity index (χ4n) is 2.32. The number of carbonyl (C=O) groups is 1. The summed E-state index contributed by atoms with van der Waals surface area (Å²) in [5, 5.41) is 21.4. The van der Waals surface area contributed by atoms with Gasteiger partial charge in [-0.15, -0.1) is 0 Å². The Morgan fingerprint density at radius 1 is 1.38 bits per heavy atom. The van der Waals surface area contributed by atoms with Crippen LogP contribution < -0.4 is 5.32 Å². The van der Waals surface area contributed by atoms with E-state index in [1.165, 1.54) is 30.1 Å². The molecular formula is C15H12ClFN6O3. The van der Waals surface area contributed by atoms with Crippen molar-refractivity contribution in [2.75, 3.05) is 5.32 Å². The number of nitro groups is 1. The van der Waals surface area contributed by atoms with E-state index >= 15 is 0 Å². The number of amides is 1. The van der Waals surface area contributed by atoms with Crippen LogP contribution in [0.4, 0.5) is 15.9 Å². The highest BCUT2D eigenvalue weighted by Gasteiger charge is 2.26. The van der Waals surface area contributed by atoms with Gasteiger partial charge in [0.05, 0.1) is 11.5 Å². The van der Waals surface area contributed by atoms with Gasteiger partial charge in [0.15, 0.2) is 5.82 Å². The molecule has 1 aromatic carbocycles. The summed E-state index contributed by atoms with van der Waals surface area (Å²) in [6.45, 7) is 0.233. The van der Waals surface area contributed by atoms with E-state index in [0.29, 0.717) is 5.56 Å². The predicted molar refractivity (Wildman–Crippen MR) is 90.6 cm³/mol. The third kappa shape index (κ3) is 3.70. The summed E-state index contributed by atoms with van der Waals surface area (Å²) < 4.78 is 15.8. The topological polar surface area (TPSA) is 108 Å². The quantitative estimate of drug-likeness (QED) is 0.542. The highest BCUT2D eigenvalue weighted by Crippen LogP contribution is 2.23. The summed E-state index contributed by atoms with van der Waals surface area (Å²) in [6, 6.07) is 5.96. The van der Waals surface area contributed by atoms with Crippen molar-refractivity contribution >= 4 is 29.0 Å². The van der Waals surface area contributed by atoms with Crippen LogP contribution in [0.15, 0.2) is 36.7 Å². The number of rotatable bonds is 5. The fourth-order valence-corrected chi connectivity index (χ4v) is 2.52. The molecule has 0 bridgehead atoms. The van der Waals surface area contributed by atoms with E-state index in [0.717, 1.165) is 10.9 Å². The van der Waals surface area contributed by atoms with Crippen molar-refractivity contribution in [2.45, 2.75) is 6.54 Å². The molecule has 0 unspecified atom stereocenters. The lowest BCUT2D eigenvalue weighted by Gasteiger charge is -2.02. The number of anilines is 1. The first-order valence-electron chi connectivity index (χ1n) is 7.30. The van der Waals surface area contributed by atoms with Gasteiger partial charge >= 0.3 is 5.69 Å². The number of nitrogens with zero attached hydrogens (tertiary/aromatic N) is 5. The lowest BCUT2D eigenvalue weighted by Crippen LogP contribution is -2.15. The van der Waals surface area contributed by atoms with Crippen LogP contribution in [0.25, 0.3) is 0 Å². The van der Waals surface area contributed by atoms with E-state index in [4.69, 9.17) is 11.6 Å². The number of aryl methyl sites for hydroxylation is 1. The Labute approximate surface area is 151 Å². The molecule has 26 heavy (non-hydrogen) atoms. The Kier molecular flexibility index (Phi) is 4.67. The Bertz CT molecular complexity index is 999. The summed E-state index contributed by atoms with van der Waals surface area (Å²) in [7, 11) is 1.46. The Hall–Kier alpha value is -3.27. The summed E-state index contributed by atoms with van der Waals surface area (Å²) in [5.74, 6) is -1.17. The van der Waals surface area contributed by atoms with Crippen LogP contribution in [0.1, 0.15) is 16.1 Å². The van der Waals surface area contributed by atoms with Crippen LogP contribution in [0.5, 0.6) is 0 Å². The number of hydrogen-bond acceptors (Lipinski definition) is 5. The number of carbonyl (C=O) groups excluding carboxylic acids is 1. The van der Waals surface area contributed by atoms with Crippen molar-refractivity contribution in [2.24, 2.45) is 7.05 Å². The minimum Gasteiger partial charge on any atom is -0.302 e. The molecule has 3 aromatic rings. The van der Waals surface area contributed by atoms with Gasteiger partial charge in [-0.3, -0.25) is 24.3 Å². The molecule has 0 aliphatic carbocycles. The predicted octanol–water partition coefficient (Wildman–Crippen LogP) is 2.62. The first-order valence-corrected chi connectivity index (χ1v) is 7.68. The zero-order chi connectivity index (χ0) is 18.8. The van der Waals surface area contributed by atoms with Crippen LogP contribution in [-0.4, -0.2) is 30.4 Å². The lowest BCUT2D eigenvalue weighted by atomic mass is 10.2. The molecule has 0 radical (unpaired) electrons. The van der Waals surface area contributed by atoms with Crippen LogP contribution in [0, 0.1) is 15.9 Å². The van der Waals surface area contributed by atoms with Crippen LogP contribution in [-0.2, 0) is 13.6 Å². The Balaban J connectivity index is 1.79. The van der Waals surface area contributed by atoms with Crippen molar-refractivity contribution in [1.29, 1.82) is 0 Å². The normalized spacial score (nSPS) is 10.7. The minimum atomic E-state index is -0.810. The molecule has 2 aromatic heterocycles. The van der Waals surface area contributed by atoms with Crippen molar-refractivity contribution in [3.8, 4) is 0 Å². The SMILES string of the molecule is Cn1cc([N+](=O)[O-])c(C(=O)Nc2nn(Cc3cccc(F)c3)cc2Cl)n1. The van der Waals surface area contributed by atoms with E-state index in [9.17, 15) is 19.3 Å². The number of hydrogen-bond donors (Lipinski definition) is 1. The van der Waals surface area contributed by atoms with Crippen LogP contribution in [0.2, 0.25) is 5.02 Å². The van der Waals surface area contributed by atoms with E-state index in [2.05, 4.69) is 15.5 Å². The second kappa shape index (κ2) is 6.92. The summed E-state index contributed by atoms with van der Waals surface area (Å²) in [4.78, 5) is 22.6. The van der Waals surface area contributed by atoms with Gasteiger partial charge in [-0.05, 0) is 17.7 Å². The highest BCUT2D eigenvalue weighted by molar-refractivity contribution is 6.33. The van der Waals surface area contributed by atoms with Gasteiger partial charge in [0, 0.05) is 13.2 Å². The summed E-state index contributed by atoms with van der Waals surface area (Å²) in [5.41, 5.74) is -0.129. The second-order valence-corrected chi connectivity index (χ2v) is 5.81. The molecule has 0 saturated carbocycles. The number of halogens is 2. The largest absolute Gasteiger partial charge is 0.320 e. The Morgan fingerprint density at radius 2 is 2.15 bits per heavy atom. The molecule has 0 saturated heterocycles.